The predicted octanol–water partition coefficient (Wildman–Crippen LogP) is 2.20. The Labute approximate surface area is 166 Å². The van der Waals surface area contributed by atoms with Gasteiger partial charge in [-0.05, 0) is 24.4 Å². The van der Waals surface area contributed by atoms with E-state index in [1.165, 1.54) is 5.56 Å². The van der Waals surface area contributed by atoms with E-state index in [-0.39, 0.29) is 30.6 Å². The summed E-state index contributed by atoms with van der Waals surface area (Å²) < 4.78 is 6.03. The van der Waals surface area contributed by atoms with Crippen LogP contribution in [0.3, 0.4) is 0 Å². The zero-order valence-electron chi connectivity index (χ0n) is 16.7. The zero-order chi connectivity index (χ0) is 20.1. The van der Waals surface area contributed by atoms with Gasteiger partial charge in [0.2, 0.25) is 0 Å². The number of carbonyl (C=O) groups excluding carboxylic acids is 1. The Morgan fingerprint density at radius 3 is 2.68 bits per heavy atom. The van der Waals surface area contributed by atoms with Gasteiger partial charge in [0.25, 0.3) is 0 Å². The van der Waals surface area contributed by atoms with E-state index in [0.717, 1.165) is 13.1 Å². The van der Waals surface area contributed by atoms with Crippen molar-refractivity contribution in [2.45, 2.75) is 32.4 Å². The van der Waals surface area contributed by atoms with Crippen LogP contribution in [0.4, 0.5) is 4.79 Å². The summed E-state index contributed by atoms with van der Waals surface area (Å²) in [6.45, 7) is 7.80. The smallest absolute Gasteiger partial charge is 0.317 e. The molecule has 4 atom stereocenters. The lowest BCUT2D eigenvalue weighted by Crippen LogP contribution is -2.53. The van der Waals surface area contributed by atoms with Gasteiger partial charge in [0.05, 0.1) is 24.7 Å². The van der Waals surface area contributed by atoms with E-state index in [4.69, 9.17) is 4.74 Å². The Balaban J connectivity index is 1.64. The fourth-order valence-electron chi connectivity index (χ4n) is 4.38. The van der Waals surface area contributed by atoms with E-state index < -0.39 is 11.9 Å². The van der Waals surface area contributed by atoms with Crippen molar-refractivity contribution in [3.63, 3.8) is 0 Å². The second-order valence-electron chi connectivity index (χ2n) is 7.86. The fraction of sp³-hybridized carbons (Fsp3) is 0.619. The first-order chi connectivity index (χ1) is 13.5. The molecule has 7 nitrogen and oxygen atoms in total. The van der Waals surface area contributed by atoms with Crippen LogP contribution >= 0.6 is 0 Å². The topological polar surface area (TPSA) is 82.1 Å². The SMILES string of the molecule is CCN1CCO[C@@H](CNC(=O)N2CC(C)CC(C(=O)O)C2)[C@@H]1c1ccccc1. The maximum atomic E-state index is 12.7. The number of carboxylic acid groups (broad SMARTS) is 1. The third kappa shape index (κ3) is 4.83. The number of urea groups is 1. The van der Waals surface area contributed by atoms with Crippen molar-refractivity contribution < 1.29 is 19.4 Å². The van der Waals surface area contributed by atoms with Gasteiger partial charge in [-0.25, -0.2) is 4.79 Å². The number of amides is 2. The molecule has 2 amide bonds. The van der Waals surface area contributed by atoms with Gasteiger partial charge in [-0.3, -0.25) is 9.69 Å². The Kier molecular flexibility index (Phi) is 6.91. The normalized spacial score (nSPS) is 28.7. The molecule has 2 unspecified atom stereocenters. The van der Waals surface area contributed by atoms with Gasteiger partial charge in [-0.2, -0.15) is 0 Å². The van der Waals surface area contributed by atoms with Crippen molar-refractivity contribution in [2.75, 3.05) is 39.3 Å². The first-order valence-electron chi connectivity index (χ1n) is 10.2. The van der Waals surface area contributed by atoms with Gasteiger partial charge in [0.1, 0.15) is 0 Å². The molecule has 7 heteroatoms. The molecule has 0 saturated carbocycles. The van der Waals surface area contributed by atoms with Gasteiger partial charge in [0.15, 0.2) is 0 Å². The average molecular weight is 389 g/mol. The summed E-state index contributed by atoms with van der Waals surface area (Å²) in [6, 6.07) is 10.1. The predicted molar refractivity (Wildman–Crippen MR) is 106 cm³/mol. The summed E-state index contributed by atoms with van der Waals surface area (Å²) in [4.78, 5) is 28.1. The highest BCUT2D eigenvalue weighted by molar-refractivity contribution is 5.76. The summed E-state index contributed by atoms with van der Waals surface area (Å²) in [5.74, 6) is -1.14. The van der Waals surface area contributed by atoms with E-state index in [0.29, 0.717) is 26.1 Å². The molecule has 2 heterocycles. The highest BCUT2D eigenvalue weighted by Gasteiger charge is 2.35. The maximum Gasteiger partial charge on any atom is 0.317 e. The Hall–Kier alpha value is -2.12. The molecule has 1 aromatic carbocycles. The minimum absolute atomic E-state index is 0.0901. The number of hydrogen-bond acceptors (Lipinski definition) is 4. The third-order valence-electron chi connectivity index (χ3n) is 5.75. The Morgan fingerprint density at radius 1 is 1.25 bits per heavy atom. The Morgan fingerprint density at radius 2 is 2.00 bits per heavy atom. The van der Waals surface area contributed by atoms with Crippen LogP contribution in [0.15, 0.2) is 30.3 Å². The number of piperidine rings is 1. The molecule has 0 bridgehead atoms. The van der Waals surface area contributed by atoms with Crippen LogP contribution in [0, 0.1) is 11.8 Å². The monoisotopic (exact) mass is 389 g/mol. The number of carboxylic acids is 1. The number of likely N-dealkylation sites (N-methyl/N-ethyl adjacent to an activating group) is 1. The largest absolute Gasteiger partial charge is 0.481 e. The summed E-state index contributed by atoms with van der Waals surface area (Å²) in [5.41, 5.74) is 1.18. The molecular weight excluding hydrogens is 358 g/mol. The molecule has 2 saturated heterocycles. The molecular formula is C21H31N3O4. The number of aliphatic carboxylic acids is 1. The number of nitrogens with one attached hydrogen (secondary N) is 1. The van der Waals surface area contributed by atoms with Gasteiger partial charge >= 0.3 is 12.0 Å². The number of hydrogen-bond donors (Lipinski definition) is 2. The van der Waals surface area contributed by atoms with E-state index in [9.17, 15) is 14.7 Å². The van der Waals surface area contributed by atoms with Crippen LogP contribution < -0.4 is 5.32 Å². The standard InChI is InChI=1S/C21H31N3O4/c1-3-23-9-10-28-18(19(23)16-7-5-4-6-8-16)12-22-21(27)24-13-15(2)11-17(14-24)20(25)26/h4-8,15,17-19H,3,9-14H2,1-2H3,(H,22,27)(H,25,26)/t15?,17?,18-,19-/m0/s1. The van der Waals surface area contributed by atoms with Crippen molar-refractivity contribution >= 4 is 12.0 Å². The molecule has 2 aliphatic heterocycles. The van der Waals surface area contributed by atoms with E-state index in [2.05, 4.69) is 29.3 Å². The van der Waals surface area contributed by atoms with Crippen LogP contribution in [0.1, 0.15) is 31.9 Å². The van der Waals surface area contributed by atoms with Gasteiger partial charge in [-0.1, -0.05) is 44.2 Å². The molecule has 3 rings (SSSR count). The van der Waals surface area contributed by atoms with Crippen molar-refractivity contribution in [3.8, 4) is 0 Å². The molecule has 2 N–H and O–H groups in total. The molecule has 1 aromatic rings. The number of likely N-dealkylation sites (tertiary alicyclic amines) is 1. The minimum Gasteiger partial charge on any atom is -0.481 e. The number of rotatable bonds is 5. The molecule has 154 valence electrons. The highest BCUT2D eigenvalue weighted by atomic mass is 16.5. The quantitative estimate of drug-likeness (QED) is 0.807. The summed E-state index contributed by atoms with van der Waals surface area (Å²) >= 11 is 0. The molecule has 2 aliphatic rings. The molecule has 0 radical (unpaired) electrons. The number of benzene rings is 1. The van der Waals surface area contributed by atoms with Crippen molar-refractivity contribution in [2.24, 2.45) is 11.8 Å². The molecule has 0 aliphatic carbocycles. The molecule has 2 fully saturated rings. The van der Waals surface area contributed by atoms with Crippen molar-refractivity contribution in [1.82, 2.24) is 15.1 Å². The highest BCUT2D eigenvalue weighted by Crippen LogP contribution is 2.29. The summed E-state index contributed by atoms with van der Waals surface area (Å²) in [7, 11) is 0. The van der Waals surface area contributed by atoms with Gasteiger partial charge in [-0.15, -0.1) is 0 Å². The van der Waals surface area contributed by atoms with Gasteiger partial charge in [0, 0.05) is 26.2 Å². The average Bonchev–Trinajstić information content (AvgIpc) is 2.71. The fourth-order valence-corrected chi connectivity index (χ4v) is 4.38. The van der Waals surface area contributed by atoms with Crippen molar-refractivity contribution in [3.05, 3.63) is 35.9 Å². The first-order valence-corrected chi connectivity index (χ1v) is 10.2. The lowest BCUT2D eigenvalue weighted by atomic mass is 9.91. The molecule has 28 heavy (non-hydrogen) atoms. The summed E-state index contributed by atoms with van der Waals surface area (Å²) in [5, 5.41) is 12.3. The third-order valence-corrected chi connectivity index (χ3v) is 5.75. The summed E-state index contributed by atoms with van der Waals surface area (Å²) in [6.07, 6.45) is 0.476. The maximum absolute atomic E-state index is 12.7. The molecule has 0 aromatic heterocycles. The first kappa shape index (κ1) is 20.6. The van der Waals surface area contributed by atoms with Crippen LogP contribution in [0.2, 0.25) is 0 Å². The van der Waals surface area contributed by atoms with Crippen LogP contribution in [-0.4, -0.2) is 72.3 Å². The van der Waals surface area contributed by atoms with Crippen LogP contribution in [-0.2, 0) is 9.53 Å². The minimum atomic E-state index is -0.831. The zero-order valence-corrected chi connectivity index (χ0v) is 16.7. The van der Waals surface area contributed by atoms with Crippen LogP contribution in [0.25, 0.3) is 0 Å². The van der Waals surface area contributed by atoms with Crippen LogP contribution in [0.5, 0.6) is 0 Å². The second-order valence-corrected chi connectivity index (χ2v) is 7.86. The van der Waals surface area contributed by atoms with E-state index >= 15 is 0 Å². The van der Waals surface area contributed by atoms with Crippen molar-refractivity contribution in [1.29, 1.82) is 0 Å². The number of morpholine rings is 1. The van der Waals surface area contributed by atoms with E-state index in [1.807, 2.05) is 25.1 Å². The Bertz CT molecular complexity index is 669. The number of nitrogens with zero attached hydrogens (tertiary/aromatic N) is 2. The van der Waals surface area contributed by atoms with Gasteiger partial charge < -0.3 is 20.1 Å². The number of carbonyl (C=O) groups is 2. The second kappa shape index (κ2) is 9.39. The lowest BCUT2D eigenvalue weighted by Gasteiger charge is -2.41. The van der Waals surface area contributed by atoms with E-state index in [1.54, 1.807) is 4.90 Å². The number of ether oxygens (including phenoxy) is 1. The molecule has 0 spiro atoms. The lowest BCUT2D eigenvalue weighted by molar-refractivity contribution is -0.143.